The van der Waals surface area contributed by atoms with Crippen molar-refractivity contribution in [1.82, 2.24) is 5.16 Å². The average Bonchev–Trinajstić information content (AvgIpc) is 3.06. The van der Waals surface area contributed by atoms with Crippen molar-refractivity contribution in [3.8, 4) is 17.4 Å². The maximum Gasteiger partial charge on any atom is 0.277 e. The Morgan fingerprint density at radius 2 is 1.83 bits per heavy atom. The van der Waals surface area contributed by atoms with Gasteiger partial charge in [0.2, 0.25) is 0 Å². The van der Waals surface area contributed by atoms with Crippen LogP contribution in [-0.2, 0) is 0 Å². The van der Waals surface area contributed by atoms with Crippen molar-refractivity contribution in [3.05, 3.63) is 70.3 Å². The molecule has 1 amide bonds. The molecule has 2 aromatic carbocycles. The average molecular weight is 368 g/mol. The predicted octanol–water partition coefficient (Wildman–Crippen LogP) is 4.23. The number of carbonyl (C=O) groups is 1. The number of hydrogen-bond acceptors (Lipinski definition) is 4. The van der Waals surface area contributed by atoms with Crippen LogP contribution >= 0.6 is 15.9 Å². The van der Waals surface area contributed by atoms with Crippen LogP contribution in [0.1, 0.15) is 16.1 Å². The smallest absolute Gasteiger partial charge is 0.277 e. The van der Waals surface area contributed by atoms with Crippen LogP contribution in [0.2, 0.25) is 0 Å². The predicted molar refractivity (Wildman–Crippen MR) is 88.7 cm³/mol. The van der Waals surface area contributed by atoms with Crippen LogP contribution in [0, 0.1) is 11.3 Å². The summed E-state index contributed by atoms with van der Waals surface area (Å²) in [5.74, 6) is 0.143. The van der Waals surface area contributed by atoms with E-state index in [0.29, 0.717) is 17.0 Å². The number of anilines is 1. The Labute approximate surface area is 140 Å². The molecule has 5 nitrogen and oxygen atoms in total. The topological polar surface area (TPSA) is 78.9 Å². The van der Waals surface area contributed by atoms with Crippen LogP contribution in [0.5, 0.6) is 0 Å². The molecule has 0 radical (unpaired) electrons. The fourth-order valence-corrected chi connectivity index (χ4v) is 2.22. The molecule has 3 rings (SSSR count). The SMILES string of the molecule is N#Cc1ccc(NC(=O)c2cc(-c3ccc(Br)cc3)on2)cc1. The summed E-state index contributed by atoms with van der Waals surface area (Å²) in [7, 11) is 0. The first-order valence-corrected chi connectivity index (χ1v) is 7.49. The van der Waals surface area contributed by atoms with E-state index >= 15 is 0 Å². The van der Waals surface area contributed by atoms with E-state index < -0.39 is 0 Å². The standard InChI is InChI=1S/C17H10BrN3O2/c18-13-5-3-12(4-6-13)16-9-15(21-23-16)17(22)20-14-7-1-11(10-19)2-8-14/h1-9H,(H,20,22). The molecule has 0 spiro atoms. The monoisotopic (exact) mass is 367 g/mol. The number of nitrogens with one attached hydrogen (secondary N) is 1. The molecule has 23 heavy (non-hydrogen) atoms. The second-order valence-electron chi connectivity index (χ2n) is 4.73. The molecule has 1 heterocycles. The summed E-state index contributed by atoms with van der Waals surface area (Å²) in [5.41, 5.74) is 2.13. The fraction of sp³-hybridized carbons (Fsp3) is 0. The lowest BCUT2D eigenvalue weighted by Crippen LogP contribution is -2.11. The molecule has 0 aliphatic heterocycles. The van der Waals surface area contributed by atoms with Crippen molar-refractivity contribution in [1.29, 1.82) is 5.26 Å². The third-order valence-corrected chi connectivity index (χ3v) is 3.67. The number of nitrogens with zero attached hydrogens (tertiary/aromatic N) is 2. The maximum absolute atomic E-state index is 12.2. The first-order valence-electron chi connectivity index (χ1n) is 6.70. The molecule has 3 aromatic rings. The van der Waals surface area contributed by atoms with Crippen molar-refractivity contribution in [2.45, 2.75) is 0 Å². The molecule has 0 atom stereocenters. The van der Waals surface area contributed by atoms with Crippen LogP contribution in [0.25, 0.3) is 11.3 Å². The van der Waals surface area contributed by atoms with Gasteiger partial charge >= 0.3 is 0 Å². The largest absolute Gasteiger partial charge is 0.355 e. The Balaban J connectivity index is 1.75. The normalized spacial score (nSPS) is 10.1. The van der Waals surface area contributed by atoms with Gasteiger partial charge in [0.1, 0.15) is 0 Å². The van der Waals surface area contributed by atoms with Crippen molar-refractivity contribution in [3.63, 3.8) is 0 Å². The second-order valence-corrected chi connectivity index (χ2v) is 5.64. The van der Waals surface area contributed by atoms with E-state index in [9.17, 15) is 4.79 Å². The van der Waals surface area contributed by atoms with Gasteiger partial charge in [-0.1, -0.05) is 33.2 Å². The summed E-state index contributed by atoms with van der Waals surface area (Å²) in [6.07, 6.45) is 0. The van der Waals surface area contributed by atoms with Gasteiger partial charge in [0.05, 0.1) is 11.6 Å². The number of carbonyl (C=O) groups excluding carboxylic acids is 1. The molecule has 1 N–H and O–H groups in total. The van der Waals surface area contributed by atoms with Gasteiger partial charge in [0.15, 0.2) is 11.5 Å². The molecule has 1 aromatic heterocycles. The molecule has 0 unspecified atom stereocenters. The van der Waals surface area contributed by atoms with Gasteiger partial charge in [-0.15, -0.1) is 0 Å². The van der Waals surface area contributed by atoms with Gasteiger partial charge in [0, 0.05) is 21.8 Å². The van der Waals surface area contributed by atoms with Crippen LogP contribution in [0.4, 0.5) is 5.69 Å². The zero-order valence-corrected chi connectivity index (χ0v) is 13.4. The molecule has 0 bridgehead atoms. The number of benzene rings is 2. The van der Waals surface area contributed by atoms with Gasteiger partial charge in [-0.3, -0.25) is 4.79 Å². The molecular weight excluding hydrogens is 358 g/mol. The zero-order valence-electron chi connectivity index (χ0n) is 11.8. The van der Waals surface area contributed by atoms with Gasteiger partial charge in [-0.25, -0.2) is 0 Å². The molecule has 6 heteroatoms. The minimum atomic E-state index is -0.373. The molecule has 0 saturated heterocycles. The Kier molecular flexibility index (Phi) is 4.22. The highest BCUT2D eigenvalue weighted by molar-refractivity contribution is 9.10. The van der Waals surface area contributed by atoms with E-state index in [2.05, 4.69) is 26.4 Å². The number of hydrogen-bond donors (Lipinski definition) is 1. The molecule has 0 fully saturated rings. The minimum absolute atomic E-state index is 0.187. The summed E-state index contributed by atoms with van der Waals surface area (Å²) in [6.45, 7) is 0. The third kappa shape index (κ3) is 3.47. The highest BCUT2D eigenvalue weighted by atomic mass is 79.9. The van der Waals surface area contributed by atoms with E-state index in [1.165, 1.54) is 0 Å². The first-order chi connectivity index (χ1) is 11.2. The molecule has 0 aliphatic rings. The van der Waals surface area contributed by atoms with Gasteiger partial charge < -0.3 is 9.84 Å². The minimum Gasteiger partial charge on any atom is -0.355 e. The quantitative estimate of drug-likeness (QED) is 0.751. The third-order valence-electron chi connectivity index (χ3n) is 3.14. The first kappa shape index (κ1) is 15.0. The lowest BCUT2D eigenvalue weighted by atomic mass is 10.1. The number of rotatable bonds is 3. The maximum atomic E-state index is 12.2. The van der Waals surface area contributed by atoms with E-state index in [1.54, 1.807) is 30.3 Å². The van der Waals surface area contributed by atoms with Crippen molar-refractivity contribution < 1.29 is 9.32 Å². The summed E-state index contributed by atoms with van der Waals surface area (Å²) >= 11 is 3.36. The number of nitriles is 1. The van der Waals surface area contributed by atoms with Crippen molar-refractivity contribution >= 4 is 27.5 Å². The molecular formula is C17H10BrN3O2. The summed E-state index contributed by atoms with van der Waals surface area (Å²) in [6, 6.07) is 17.7. The summed E-state index contributed by atoms with van der Waals surface area (Å²) in [4.78, 5) is 12.2. The van der Waals surface area contributed by atoms with E-state index in [4.69, 9.17) is 9.78 Å². The second kappa shape index (κ2) is 6.46. The van der Waals surface area contributed by atoms with E-state index in [1.807, 2.05) is 30.3 Å². The van der Waals surface area contributed by atoms with Crippen LogP contribution < -0.4 is 5.32 Å². The summed E-state index contributed by atoms with van der Waals surface area (Å²) in [5, 5.41) is 15.3. The van der Waals surface area contributed by atoms with E-state index in [0.717, 1.165) is 10.0 Å². The van der Waals surface area contributed by atoms with Crippen LogP contribution in [0.15, 0.2) is 63.6 Å². The number of halogens is 1. The Morgan fingerprint density at radius 1 is 1.13 bits per heavy atom. The van der Waals surface area contributed by atoms with Crippen LogP contribution in [-0.4, -0.2) is 11.1 Å². The summed E-state index contributed by atoms with van der Waals surface area (Å²) < 4.78 is 6.17. The molecule has 0 aliphatic carbocycles. The van der Waals surface area contributed by atoms with Gasteiger partial charge in [0.25, 0.3) is 5.91 Å². The fourth-order valence-electron chi connectivity index (χ4n) is 1.96. The Morgan fingerprint density at radius 3 is 2.48 bits per heavy atom. The molecule has 0 saturated carbocycles. The lowest BCUT2D eigenvalue weighted by molar-refractivity contribution is 0.101. The number of aromatic nitrogens is 1. The Hall–Kier alpha value is -2.91. The van der Waals surface area contributed by atoms with Gasteiger partial charge in [-0.2, -0.15) is 5.26 Å². The van der Waals surface area contributed by atoms with E-state index in [-0.39, 0.29) is 11.6 Å². The highest BCUT2D eigenvalue weighted by Crippen LogP contribution is 2.23. The Bertz CT molecular complexity index is 877. The molecule has 112 valence electrons. The van der Waals surface area contributed by atoms with Crippen molar-refractivity contribution in [2.24, 2.45) is 0 Å². The van der Waals surface area contributed by atoms with Gasteiger partial charge in [-0.05, 0) is 36.4 Å². The zero-order chi connectivity index (χ0) is 16.2. The van der Waals surface area contributed by atoms with Crippen molar-refractivity contribution in [2.75, 3.05) is 5.32 Å². The lowest BCUT2D eigenvalue weighted by Gasteiger charge is -2.01. The number of amides is 1. The highest BCUT2D eigenvalue weighted by Gasteiger charge is 2.14. The van der Waals surface area contributed by atoms with Crippen LogP contribution in [0.3, 0.4) is 0 Å².